The quantitative estimate of drug-likeness (QED) is 0.659. The minimum Gasteiger partial charge on any atom is -0.383 e. The number of ether oxygens (including phenoxy) is 1. The normalized spacial score (nSPS) is 14.0. The Hall–Kier alpha value is -1.52. The minimum atomic E-state index is -3.76. The van der Waals surface area contributed by atoms with Crippen molar-refractivity contribution < 1.29 is 17.9 Å². The Morgan fingerprint density at radius 1 is 1.33 bits per heavy atom. The molecule has 0 saturated carbocycles. The number of carbonyl (C=O) groups is 1. The Labute approximate surface area is 167 Å². The maximum absolute atomic E-state index is 12.6. The number of hydrogen-bond acceptors (Lipinski definition) is 6. The average molecular weight is 430 g/mol. The average Bonchev–Trinajstić information content (AvgIpc) is 3.04. The van der Waals surface area contributed by atoms with Crippen LogP contribution >= 0.6 is 22.9 Å². The number of benzene rings is 1. The number of fused-ring (bicyclic) bond motifs is 1. The van der Waals surface area contributed by atoms with Crippen molar-refractivity contribution in [2.24, 2.45) is 0 Å². The predicted octanol–water partition coefficient (Wildman–Crippen LogP) is 2.85. The number of anilines is 1. The number of aryl methyl sites for hydroxylation is 2. The lowest BCUT2D eigenvalue weighted by Crippen LogP contribution is -2.27. The zero-order valence-electron chi connectivity index (χ0n) is 14.7. The summed E-state index contributed by atoms with van der Waals surface area (Å²) in [5.74, 6) is -0.486. The van der Waals surface area contributed by atoms with E-state index in [1.165, 1.54) is 41.5 Å². The van der Waals surface area contributed by atoms with Gasteiger partial charge < -0.3 is 4.74 Å². The maximum atomic E-state index is 12.6. The Morgan fingerprint density at radius 2 is 2.11 bits per heavy atom. The molecule has 2 aromatic rings. The molecular formula is C17H20ClN3O4S2. The van der Waals surface area contributed by atoms with Gasteiger partial charge in [0.1, 0.15) is 0 Å². The summed E-state index contributed by atoms with van der Waals surface area (Å²) in [5.41, 5.74) is 1.12. The van der Waals surface area contributed by atoms with Crippen LogP contribution in [0.3, 0.4) is 0 Å². The maximum Gasteiger partial charge on any atom is 0.259 e. The molecule has 27 heavy (non-hydrogen) atoms. The van der Waals surface area contributed by atoms with Crippen molar-refractivity contribution in [2.75, 3.05) is 25.6 Å². The van der Waals surface area contributed by atoms with E-state index >= 15 is 0 Å². The number of amides is 1. The second-order valence-electron chi connectivity index (χ2n) is 6.08. The molecule has 0 bridgehead atoms. The van der Waals surface area contributed by atoms with Crippen LogP contribution < -0.4 is 10.0 Å². The molecule has 0 spiro atoms. The number of thiazole rings is 1. The molecule has 1 aliphatic rings. The number of hydrogen-bond donors (Lipinski definition) is 2. The summed E-state index contributed by atoms with van der Waals surface area (Å²) in [6.45, 7) is 0.378. The van der Waals surface area contributed by atoms with Gasteiger partial charge in [-0.1, -0.05) is 11.6 Å². The van der Waals surface area contributed by atoms with Crippen molar-refractivity contribution in [3.63, 3.8) is 0 Å². The van der Waals surface area contributed by atoms with Crippen LogP contribution in [-0.2, 0) is 27.6 Å². The molecule has 3 rings (SSSR count). The molecule has 0 saturated heterocycles. The van der Waals surface area contributed by atoms with Crippen LogP contribution in [0.5, 0.6) is 0 Å². The number of rotatable bonds is 7. The van der Waals surface area contributed by atoms with Crippen LogP contribution in [0.15, 0.2) is 23.1 Å². The molecule has 10 heteroatoms. The molecule has 146 valence electrons. The first-order valence-corrected chi connectivity index (χ1v) is 11.2. The van der Waals surface area contributed by atoms with Crippen molar-refractivity contribution in [3.05, 3.63) is 39.4 Å². The van der Waals surface area contributed by atoms with E-state index in [-0.39, 0.29) is 28.6 Å². The monoisotopic (exact) mass is 429 g/mol. The third-order valence-corrected chi connectivity index (χ3v) is 7.02. The lowest BCUT2D eigenvalue weighted by Gasteiger charge is -2.09. The van der Waals surface area contributed by atoms with Crippen LogP contribution in [-0.4, -0.2) is 39.6 Å². The molecule has 0 fully saturated rings. The minimum absolute atomic E-state index is 0.0356. The van der Waals surface area contributed by atoms with Crippen LogP contribution in [0.1, 0.15) is 33.8 Å². The molecule has 0 unspecified atom stereocenters. The number of nitrogens with zero attached hydrogens (tertiary/aromatic N) is 1. The summed E-state index contributed by atoms with van der Waals surface area (Å²) in [6, 6.07) is 4.02. The highest BCUT2D eigenvalue weighted by Crippen LogP contribution is 2.30. The summed E-state index contributed by atoms with van der Waals surface area (Å²) in [6.07, 6.45) is 4.13. The molecule has 0 atom stereocenters. The fourth-order valence-electron chi connectivity index (χ4n) is 2.78. The van der Waals surface area contributed by atoms with Crippen molar-refractivity contribution in [1.29, 1.82) is 0 Å². The van der Waals surface area contributed by atoms with Crippen molar-refractivity contribution in [2.45, 2.75) is 30.6 Å². The van der Waals surface area contributed by atoms with Gasteiger partial charge in [-0.25, -0.2) is 18.1 Å². The fourth-order valence-corrected chi connectivity index (χ4v) is 5.06. The predicted molar refractivity (Wildman–Crippen MR) is 105 cm³/mol. The van der Waals surface area contributed by atoms with Crippen LogP contribution in [0, 0.1) is 0 Å². The van der Waals surface area contributed by atoms with Gasteiger partial charge in [0.25, 0.3) is 5.91 Å². The highest BCUT2D eigenvalue weighted by atomic mass is 35.5. The number of carbonyl (C=O) groups excluding carboxylic acids is 1. The number of halogens is 1. The van der Waals surface area contributed by atoms with E-state index in [1.54, 1.807) is 0 Å². The SMILES string of the molecule is COCCNS(=O)(=O)c1ccc(Cl)c(C(=O)Nc2nc3c(s2)CCCC3)c1. The Morgan fingerprint density at radius 3 is 2.85 bits per heavy atom. The second-order valence-corrected chi connectivity index (χ2v) is 9.34. The van der Waals surface area contributed by atoms with Gasteiger partial charge in [0.05, 0.1) is 27.8 Å². The van der Waals surface area contributed by atoms with Crippen LogP contribution in [0.2, 0.25) is 5.02 Å². The van der Waals surface area contributed by atoms with E-state index in [4.69, 9.17) is 16.3 Å². The van der Waals surface area contributed by atoms with Gasteiger partial charge in [0.15, 0.2) is 5.13 Å². The zero-order valence-corrected chi connectivity index (χ0v) is 17.1. The third-order valence-electron chi connectivity index (χ3n) is 4.16. The molecule has 0 radical (unpaired) electrons. The van der Waals surface area contributed by atoms with Gasteiger partial charge in [-0.15, -0.1) is 11.3 Å². The molecular weight excluding hydrogens is 410 g/mol. The molecule has 1 heterocycles. The summed E-state index contributed by atoms with van der Waals surface area (Å²) in [7, 11) is -2.28. The summed E-state index contributed by atoms with van der Waals surface area (Å²) >= 11 is 7.58. The largest absolute Gasteiger partial charge is 0.383 e. The first-order valence-electron chi connectivity index (χ1n) is 8.49. The molecule has 7 nitrogen and oxygen atoms in total. The third kappa shape index (κ3) is 4.85. The lowest BCUT2D eigenvalue weighted by molar-refractivity contribution is 0.102. The van der Waals surface area contributed by atoms with Gasteiger partial charge >= 0.3 is 0 Å². The molecule has 0 aliphatic heterocycles. The van der Waals surface area contributed by atoms with Crippen LogP contribution in [0.4, 0.5) is 5.13 Å². The number of nitrogens with one attached hydrogen (secondary N) is 2. The highest BCUT2D eigenvalue weighted by molar-refractivity contribution is 7.89. The Bertz CT molecular complexity index is 920. The number of aromatic nitrogens is 1. The molecule has 1 aliphatic carbocycles. The highest BCUT2D eigenvalue weighted by Gasteiger charge is 2.21. The topological polar surface area (TPSA) is 97.4 Å². The summed E-state index contributed by atoms with van der Waals surface area (Å²) < 4.78 is 31.9. The van der Waals surface area contributed by atoms with E-state index in [0.29, 0.717) is 5.13 Å². The second kappa shape index (κ2) is 8.66. The molecule has 1 aromatic heterocycles. The zero-order chi connectivity index (χ0) is 19.4. The van der Waals surface area contributed by atoms with E-state index in [0.717, 1.165) is 31.4 Å². The van der Waals surface area contributed by atoms with Gasteiger partial charge in [-0.2, -0.15) is 0 Å². The molecule has 1 aromatic carbocycles. The lowest BCUT2D eigenvalue weighted by atomic mass is 10.0. The molecule has 2 N–H and O–H groups in total. The molecule has 1 amide bonds. The van der Waals surface area contributed by atoms with E-state index in [1.807, 2.05) is 0 Å². The van der Waals surface area contributed by atoms with Crippen molar-refractivity contribution >= 4 is 44.0 Å². The Kier molecular flexibility index (Phi) is 6.48. The van der Waals surface area contributed by atoms with Gasteiger partial charge in [0.2, 0.25) is 10.0 Å². The van der Waals surface area contributed by atoms with E-state index in [2.05, 4.69) is 15.0 Å². The number of sulfonamides is 1. The first kappa shape index (κ1) is 20.2. The van der Waals surface area contributed by atoms with Crippen molar-refractivity contribution in [3.8, 4) is 0 Å². The van der Waals surface area contributed by atoms with E-state index in [9.17, 15) is 13.2 Å². The van der Waals surface area contributed by atoms with Gasteiger partial charge in [-0.05, 0) is 43.9 Å². The fraction of sp³-hybridized carbons (Fsp3) is 0.412. The summed E-state index contributed by atoms with van der Waals surface area (Å²) in [4.78, 5) is 18.2. The van der Waals surface area contributed by atoms with E-state index < -0.39 is 15.9 Å². The standard InChI is InChI=1S/C17H20ClN3O4S2/c1-25-9-8-19-27(23,24)11-6-7-13(18)12(10-11)16(22)21-17-20-14-4-2-3-5-15(14)26-17/h6-7,10,19H,2-5,8-9H2,1H3,(H,20,21,22). The van der Waals surface area contributed by atoms with Gasteiger partial charge in [0, 0.05) is 18.5 Å². The first-order chi connectivity index (χ1) is 12.9. The van der Waals surface area contributed by atoms with Crippen LogP contribution in [0.25, 0.3) is 0 Å². The smallest absolute Gasteiger partial charge is 0.259 e. The summed E-state index contributed by atoms with van der Waals surface area (Å²) in [5, 5.41) is 3.42. The Balaban J connectivity index is 1.79. The number of methoxy groups -OCH3 is 1. The van der Waals surface area contributed by atoms with Crippen molar-refractivity contribution in [1.82, 2.24) is 9.71 Å². The van der Waals surface area contributed by atoms with Gasteiger partial charge in [-0.3, -0.25) is 10.1 Å².